The van der Waals surface area contributed by atoms with Gasteiger partial charge in [-0.15, -0.1) is 0 Å². The van der Waals surface area contributed by atoms with Gasteiger partial charge in [-0.3, -0.25) is 24.1 Å². The summed E-state index contributed by atoms with van der Waals surface area (Å²) in [6.07, 6.45) is -3.72. The molecule has 2 unspecified atom stereocenters. The van der Waals surface area contributed by atoms with E-state index in [0.29, 0.717) is 17.5 Å². The van der Waals surface area contributed by atoms with E-state index in [1.54, 1.807) is 60.7 Å². The molecule has 2 aromatic carbocycles. The Hall–Kier alpha value is -3.95. The quantitative estimate of drug-likeness (QED) is 0.533. The molecule has 38 heavy (non-hydrogen) atoms. The normalized spacial score (nSPS) is 16.8. The van der Waals surface area contributed by atoms with Crippen LogP contribution in [-0.2, 0) is 25.6 Å². The van der Waals surface area contributed by atoms with Crippen molar-refractivity contribution in [3.05, 3.63) is 78.0 Å². The van der Waals surface area contributed by atoms with Crippen molar-refractivity contribution in [1.82, 2.24) is 15.1 Å². The number of carbonyl (C=O) groups excluding carboxylic acids is 4. The molecule has 2 aromatic rings. The SMILES string of the molecule is CC(=O)N1C=C(c2ccccc2)N(CC(=O)NC(Cc2ccccc2)C(=O)C(F)(F)F)C(=O)C1CC(C)C. The highest BCUT2D eigenvalue weighted by Crippen LogP contribution is 2.30. The van der Waals surface area contributed by atoms with Crippen molar-refractivity contribution in [2.24, 2.45) is 5.92 Å². The van der Waals surface area contributed by atoms with Gasteiger partial charge in [0.1, 0.15) is 18.6 Å². The van der Waals surface area contributed by atoms with Crippen LogP contribution in [-0.4, -0.2) is 58.1 Å². The average molecular weight is 530 g/mol. The molecule has 1 aliphatic rings. The van der Waals surface area contributed by atoms with Gasteiger partial charge < -0.3 is 10.2 Å². The third-order valence-electron chi connectivity index (χ3n) is 6.08. The maximum absolute atomic E-state index is 13.6. The number of hydrogen-bond donors (Lipinski definition) is 1. The Balaban J connectivity index is 1.94. The minimum Gasteiger partial charge on any atom is -0.344 e. The van der Waals surface area contributed by atoms with Crippen LogP contribution in [0.1, 0.15) is 38.3 Å². The number of ketones is 1. The van der Waals surface area contributed by atoms with Crippen LogP contribution in [0.15, 0.2) is 66.9 Å². The van der Waals surface area contributed by atoms with E-state index in [-0.39, 0.29) is 23.9 Å². The molecule has 7 nitrogen and oxygen atoms in total. The Bertz CT molecular complexity index is 1200. The fourth-order valence-electron chi connectivity index (χ4n) is 4.32. The Morgan fingerprint density at radius 2 is 1.55 bits per heavy atom. The third-order valence-corrected chi connectivity index (χ3v) is 6.08. The first-order valence-corrected chi connectivity index (χ1v) is 12.2. The first kappa shape index (κ1) is 28.6. The standard InChI is InChI=1S/C28H30F3N3O4/c1-18(2)14-23-27(38)34(24(16-33(23)19(3)35)21-12-8-5-9-13-21)17-25(36)32-22(26(37)28(29,30)31)15-20-10-6-4-7-11-20/h4-13,16,18,22-23H,14-15,17H2,1-3H3,(H,32,36). The maximum Gasteiger partial charge on any atom is 0.452 e. The van der Waals surface area contributed by atoms with Gasteiger partial charge in [-0.2, -0.15) is 13.2 Å². The van der Waals surface area contributed by atoms with E-state index >= 15 is 0 Å². The number of nitrogens with one attached hydrogen (secondary N) is 1. The molecule has 0 fully saturated rings. The highest BCUT2D eigenvalue weighted by molar-refractivity contribution is 6.00. The zero-order valence-corrected chi connectivity index (χ0v) is 21.4. The molecule has 0 aliphatic carbocycles. The van der Waals surface area contributed by atoms with E-state index in [9.17, 15) is 32.3 Å². The molecule has 10 heteroatoms. The molecule has 0 spiro atoms. The molecule has 3 rings (SSSR count). The highest BCUT2D eigenvalue weighted by atomic mass is 19.4. The molecule has 1 heterocycles. The Morgan fingerprint density at radius 3 is 2.08 bits per heavy atom. The lowest BCUT2D eigenvalue weighted by Crippen LogP contribution is -2.56. The van der Waals surface area contributed by atoms with Gasteiger partial charge in [0.2, 0.25) is 11.8 Å². The second-order valence-electron chi connectivity index (χ2n) is 9.55. The van der Waals surface area contributed by atoms with Crippen LogP contribution in [0.25, 0.3) is 5.70 Å². The van der Waals surface area contributed by atoms with Crippen molar-refractivity contribution in [3.63, 3.8) is 0 Å². The fourth-order valence-corrected chi connectivity index (χ4v) is 4.32. The Morgan fingerprint density at radius 1 is 0.974 bits per heavy atom. The minimum absolute atomic E-state index is 0.0350. The van der Waals surface area contributed by atoms with Crippen molar-refractivity contribution in [3.8, 4) is 0 Å². The summed E-state index contributed by atoms with van der Waals surface area (Å²) in [5.41, 5.74) is 1.22. The van der Waals surface area contributed by atoms with Crippen LogP contribution in [0.3, 0.4) is 0 Å². The van der Waals surface area contributed by atoms with E-state index in [1.165, 1.54) is 18.0 Å². The number of carbonyl (C=O) groups is 4. The molecule has 202 valence electrons. The average Bonchev–Trinajstić information content (AvgIpc) is 2.85. The molecule has 3 amide bonds. The number of rotatable bonds is 9. The number of Topliss-reactive ketones (excluding diaryl/α,β-unsaturated/α-hetero) is 1. The number of benzene rings is 2. The number of hydrogen-bond acceptors (Lipinski definition) is 4. The number of amides is 3. The summed E-state index contributed by atoms with van der Waals surface area (Å²) < 4.78 is 40.0. The van der Waals surface area contributed by atoms with Crippen molar-refractivity contribution < 1.29 is 32.3 Å². The lowest BCUT2D eigenvalue weighted by molar-refractivity contribution is -0.173. The zero-order chi connectivity index (χ0) is 28.0. The topological polar surface area (TPSA) is 86.8 Å². The molecule has 0 saturated heterocycles. The van der Waals surface area contributed by atoms with Gasteiger partial charge in [-0.1, -0.05) is 74.5 Å². The van der Waals surface area contributed by atoms with Gasteiger partial charge in [-0.25, -0.2) is 0 Å². The Kier molecular flexibility index (Phi) is 9.08. The molecule has 0 saturated carbocycles. The van der Waals surface area contributed by atoms with E-state index in [4.69, 9.17) is 0 Å². The van der Waals surface area contributed by atoms with Crippen LogP contribution in [0.4, 0.5) is 13.2 Å². The lowest BCUT2D eigenvalue weighted by atomic mass is 9.97. The molecule has 0 radical (unpaired) electrons. The highest BCUT2D eigenvalue weighted by Gasteiger charge is 2.44. The second kappa shape index (κ2) is 12.1. The van der Waals surface area contributed by atoms with Gasteiger partial charge in [0.15, 0.2) is 0 Å². The van der Waals surface area contributed by atoms with Crippen LogP contribution >= 0.6 is 0 Å². The molecule has 1 N–H and O–H groups in total. The van der Waals surface area contributed by atoms with Crippen molar-refractivity contribution >= 4 is 29.2 Å². The molecular weight excluding hydrogens is 499 g/mol. The van der Waals surface area contributed by atoms with E-state index in [2.05, 4.69) is 5.32 Å². The number of halogens is 3. The predicted molar refractivity (Wildman–Crippen MR) is 135 cm³/mol. The first-order valence-electron chi connectivity index (χ1n) is 12.2. The largest absolute Gasteiger partial charge is 0.452 e. The van der Waals surface area contributed by atoms with Crippen molar-refractivity contribution in [2.75, 3.05) is 6.54 Å². The van der Waals surface area contributed by atoms with Crippen LogP contribution in [0.5, 0.6) is 0 Å². The molecule has 0 bridgehead atoms. The summed E-state index contributed by atoms with van der Waals surface area (Å²) in [6, 6.07) is 13.8. The minimum atomic E-state index is -5.16. The van der Waals surface area contributed by atoms with Crippen LogP contribution < -0.4 is 5.32 Å². The van der Waals surface area contributed by atoms with Gasteiger partial charge in [0.25, 0.3) is 11.7 Å². The van der Waals surface area contributed by atoms with Gasteiger partial charge in [0.05, 0.1) is 5.70 Å². The van der Waals surface area contributed by atoms with Crippen LogP contribution in [0.2, 0.25) is 0 Å². The number of alkyl halides is 3. The van der Waals surface area contributed by atoms with Crippen molar-refractivity contribution in [2.45, 2.75) is 51.9 Å². The van der Waals surface area contributed by atoms with Gasteiger partial charge in [0, 0.05) is 19.5 Å². The fraction of sp³-hybridized carbons (Fsp3) is 0.357. The van der Waals surface area contributed by atoms with Gasteiger partial charge in [-0.05, 0) is 23.5 Å². The van der Waals surface area contributed by atoms with Crippen LogP contribution in [0, 0.1) is 5.92 Å². The summed E-state index contributed by atoms with van der Waals surface area (Å²) >= 11 is 0. The maximum atomic E-state index is 13.6. The Labute approximate surface area is 219 Å². The predicted octanol–water partition coefficient (Wildman–Crippen LogP) is 3.95. The molecule has 1 aliphatic heterocycles. The van der Waals surface area contributed by atoms with E-state index in [1.807, 2.05) is 13.8 Å². The smallest absolute Gasteiger partial charge is 0.344 e. The number of nitrogens with zero attached hydrogens (tertiary/aromatic N) is 2. The molecule has 2 atom stereocenters. The summed E-state index contributed by atoms with van der Waals surface area (Å²) in [5, 5.41) is 2.19. The third kappa shape index (κ3) is 7.08. The molecule has 0 aromatic heterocycles. The van der Waals surface area contributed by atoms with Crippen molar-refractivity contribution in [1.29, 1.82) is 0 Å². The summed E-state index contributed by atoms with van der Waals surface area (Å²) in [4.78, 5) is 53.8. The van der Waals surface area contributed by atoms with Gasteiger partial charge >= 0.3 is 6.18 Å². The monoisotopic (exact) mass is 529 g/mol. The second-order valence-corrected chi connectivity index (χ2v) is 9.55. The summed E-state index contributed by atoms with van der Waals surface area (Å²) in [5.74, 6) is -3.88. The summed E-state index contributed by atoms with van der Waals surface area (Å²) in [7, 11) is 0. The molecular formula is C28H30F3N3O4. The lowest BCUT2D eigenvalue weighted by Gasteiger charge is -2.39. The van der Waals surface area contributed by atoms with E-state index < -0.39 is 42.4 Å². The zero-order valence-electron chi connectivity index (χ0n) is 21.4. The van der Waals surface area contributed by atoms with E-state index in [0.717, 1.165) is 4.90 Å². The summed E-state index contributed by atoms with van der Waals surface area (Å²) in [6.45, 7) is 4.47. The first-order chi connectivity index (χ1) is 17.9.